The molecule has 7 heteroatoms. The van der Waals surface area contributed by atoms with Gasteiger partial charge in [0, 0.05) is 5.69 Å². The minimum atomic E-state index is -2.89. The van der Waals surface area contributed by atoms with Crippen molar-refractivity contribution in [3.8, 4) is 5.75 Å². The predicted molar refractivity (Wildman–Crippen MR) is 76.8 cm³/mol. The Balaban J connectivity index is 1.99. The molecule has 0 spiro atoms. The molecule has 19 heavy (non-hydrogen) atoms. The van der Waals surface area contributed by atoms with E-state index in [1.807, 2.05) is 12.1 Å². The van der Waals surface area contributed by atoms with Crippen LogP contribution in [0, 0.1) is 3.77 Å². The molecule has 0 bridgehead atoms. The third-order valence-corrected chi connectivity index (χ3v) is 3.12. The predicted octanol–water partition coefficient (Wildman–Crippen LogP) is 4.75. The van der Waals surface area contributed by atoms with Crippen LogP contribution in [0.4, 0.5) is 14.5 Å². The summed E-state index contributed by atoms with van der Waals surface area (Å²) in [5.74, 6) is 0.725. The molecule has 0 unspecified atom stereocenters. The molecule has 0 fully saturated rings. The lowest BCUT2D eigenvalue weighted by molar-refractivity contribution is -0.0497. The fourth-order valence-electron chi connectivity index (χ4n) is 1.44. The van der Waals surface area contributed by atoms with E-state index in [2.05, 4.69) is 32.6 Å². The van der Waals surface area contributed by atoms with E-state index in [1.165, 1.54) is 12.1 Å². The normalized spacial score (nSPS) is 10.8. The van der Waals surface area contributed by atoms with E-state index in [9.17, 15) is 8.78 Å². The van der Waals surface area contributed by atoms with Gasteiger partial charge in [-0.2, -0.15) is 8.78 Å². The second-order valence-electron chi connectivity index (χ2n) is 3.58. The van der Waals surface area contributed by atoms with E-state index in [4.69, 9.17) is 16.0 Å². The van der Waals surface area contributed by atoms with Gasteiger partial charge in [0.05, 0.1) is 11.6 Å². The summed E-state index contributed by atoms with van der Waals surface area (Å²) in [6.07, 6.45) is 0. The van der Waals surface area contributed by atoms with Crippen molar-refractivity contribution in [3.05, 3.63) is 44.9 Å². The van der Waals surface area contributed by atoms with E-state index in [1.54, 1.807) is 6.07 Å². The Bertz CT molecular complexity index is 562. The van der Waals surface area contributed by atoms with Gasteiger partial charge < -0.3 is 14.5 Å². The number of furan rings is 1. The highest BCUT2D eigenvalue weighted by atomic mass is 127. The molecule has 1 aromatic heterocycles. The number of nitrogens with one attached hydrogen (secondary N) is 1. The molecule has 0 amide bonds. The first-order chi connectivity index (χ1) is 9.04. The molecule has 1 N–H and O–H groups in total. The van der Waals surface area contributed by atoms with Crippen LogP contribution in [-0.4, -0.2) is 6.61 Å². The molecule has 0 aliphatic rings. The van der Waals surface area contributed by atoms with Crippen molar-refractivity contribution in [2.75, 3.05) is 5.32 Å². The molecule has 3 nitrogen and oxygen atoms in total. The highest BCUT2D eigenvalue weighted by Crippen LogP contribution is 2.29. The summed E-state index contributed by atoms with van der Waals surface area (Å²) in [6, 6.07) is 8.22. The SMILES string of the molecule is FC(F)Oc1ccc(NCc2ccc(I)o2)cc1Cl. The largest absolute Gasteiger partial charge is 0.454 e. The number of hydrogen-bond acceptors (Lipinski definition) is 3. The van der Waals surface area contributed by atoms with Gasteiger partial charge in [-0.1, -0.05) is 11.6 Å². The van der Waals surface area contributed by atoms with Crippen molar-refractivity contribution in [1.82, 2.24) is 0 Å². The second-order valence-corrected chi connectivity index (χ2v) is 5.05. The van der Waals surface area contributed by atoms with Gasteiger partial charge in [-0.05, 0) is 52.9 Å². The van der Waals surface area contributed by atoms with Crippen molar-refractivity contribution >= 4 is 39.9 Å². The van der Waals surface area contributed by atoms with E-state index in [-0.39, 0.29) is 10.8 Å². The molecule has 2 rings (SSSR count). The van der Waals surface area contributed by atoms with Crippen molar-refractivity contribution in [3.63, 3.8) is 0 Å². The van der Waals surface area contributed by atoms with Gasteiger partial charge in [0.25, 0.3) is 0 Å². The Hall–Kier alpha value is -1.02. The number of halogens is 4. The molecular weight excluding hydrogens is 390 g/mol. The fourth-order valence-corrected chi connectivity index (χ4v) is 2.13. The average molecular weight is 400 g/mol. The minimum absolute atomic E-state index is 0.0465. The summed E-state index contributed by atoms with van der Waals surface area (Å²) >= 11 is 7.91. The Morgan fingerprint density at radius 2 is 2.11 bits per heavy atom. The number of benzene rings is 1. The van der Waals surface area contributed by atoms with Crippen molar-refractivity contribution in [2.24, 2.45) is 0 Å². The summed E-state index contributed by atoms with van der Waals surface area (Å²) in [7, 11) is 0. The molecule has 0 saturated heterocycles. The third kappa shape index (κ3) is 4.24. The van der Waals surface area contributed by atoms with Crippen LogP contribution in [0.2, 0.25) is 5.02 Å². The lowest BCUT2D eigenvalue weighted by Crippen LogP contribution is -2.03. The maximum atomic E-state index is 12.1. The van der Waals surface area contributed by atoms with Crippen LogP contribution in [-0.2, 0) is 6.54 Å². The molecule has 2 aromatic rings. The smallest absolute Gasteiger partial charge is 0.387 e. The number of ether oxygens (including phenoxy) is 1. The van der Waals surface area contributed by atoms with Gasteiger partial charge in [-0.3, -0.25) is 0 Å². The Labute approximate surface area is 127 Å². The average Bonchev–Trinajstić information content (AvgIpc) is 2.75. The Kier molecular flexibility index (Phi) is 4.87. The van der Waals surface area contributed by atoms with Crippen molar-refractivity contribution < 1.29 is 17.9 Å². The highest BCUT2D eigenvalue weighted by Gasteiger charge is 2.09. The first-order valence-corrected chi connectivity index (χ1v) is 6.73. The molecule has 1 aromatic carbocycles. The zero-order chi connectivity index (χ0) is 13.8. The summed E-state index contributed by atoms with van der Waals surface area (Å²) in [5.41, 5.74) is 0.693. The quantitative estimate of drug-likeness (QED) is 0.737. The molecule has 0 aliphatic heterocycles. The maximum absolute atomic E-state index is 12.1. The Morgan fingerprint density at radius 3 is 2.68 bits per heavy atom. The van der Waals surface area contributed by atoms with Crippen LogP contribution in [0.3, 0.4) is 0 Å². The minimum Gasteiger partial charge on any atom is -0.454 e. The van der Waals surface area contributed by atoms with Gasteiger partial charge in [-0.15, -0.1) is 0 Å². The first kappa shape index (κ1) is 14.4. The fraction of sp³-hybridized carbons (Fsp3) is 0.167. The lowest BCUT2D eigenvalue weighted by atomic mass is 10.3. The first-order valence-electron chi connectivity index (χ1n) is 5.27. The second kappa shape index (κ2) is 6.42. The van der Waals surface area contributed by atoms with Gasteiger partial charge in [0.15, 0.2) is 3.77 Å². The van der Waals surface area contributed by atoms with E-state index >= 15 is 0 Å². The van der Waals surface area contributed by atoms with Gasteiger partial charge in [0.1, 0.15) is 11.5 Å². The summed E-state index contributed by atoms with van der Waals surface area (Å²) < 4.78 is 34.6. The van der Waals surface area contributed by atoms with Crippen LogP contribution < -0.4 is 10.1 Å². The molecule has 102 valence electrons. The number of alkyl halides is 2. The van der Waals surface area contributed by atoms with Gasteiger partial charge in [0.2, 0.25) is 0 Å². The summed E-state index contributed by atoms with van der Waals surface area (Å²) in [4.78, 5) is 0. The van der Waals surface area contributed by atoms with Crippen molar-refractivity contribution in [1.29, 1.82) is 0 Å². The third-order valence-electron chi connectivity index (χ3n) is 2.24. The van der Waals surface area contributed by atoms with Crippen LogP contribution >= 0.6 is 34.2 Å². The van der Waals surface area contributed by atoms with Gasteiger partial charge in [-0.25, -0.2) is 0 Å². The zero-order valence-corrected chi connectivity index (χ0v) is 12.4. The van der Waals surface area contributed by atoms with Gasteiger partial charge >= 0.3 is 6.61 Å². The molecule has 0 atom stereocenters. The van der Waals surface area contributed by atoms with E-state index in [0.29, 0.717) is 12.2 Å². The standard InChI is InChI=1S/C12H9ClF2INO2/c13-9-5-7(1-3-10(9)19-12(14)15)17-6-8-2-4-11(16)18-8/h1-5,12,17H,6H2. The van der Waals surface area contributed by atoms with Crippen molar-refractivity contribution in [2.45, 2.75) is 13.2 Å². The maximum Gasteiger partial charge on any atom is 0.387 e. The van der Waals surface area contributed by atoms with Crippen LogP contribution in [0.5, 0.6) is 5.75 Å². The lowest BCUT2D eigenvalue weighted by Gasteiger charge is -2.09. The number of anilines is 1. The Morgan fingerprint density at radius 1 is 1.32 bits per heavy atom. The topological polar surface area (TPSA) is 34.4 Å². The van der Waals surface area contributed by atoms with Crippen LogP contribution in [0.25, 0.3) is 0 Å². The van der Waals surface area contributed by atoms with E-state index in [0.717, 1.165) is 9.53 Å². The summed E-state index contributed by atoms with van der Waals surface area (Å²) in [5, 5.41) is 3.20. The van der Waals surface area contributed by atoms with Crippen LogP contribution in [0.15, 0.2) is 34.7 Å². The van der Waals surface area contributed by atoms with E-state index < -0.39 is 6.61 Å². The number of rotatable bonds is 5. The zero-order valence-electron chi connectivity index (χ0n) is 9.50. The molecule has 1 heterocycles. The molecule has 0 saturated carbocycles. The highest BCUT2D eigenvalue weighted by molar-refractivity contribution is 14.1. The number of hydrogen-bond donors (Lipinski definition) is 1. The van der Waals surface area contributed by atoms with Crippen LogP contribution in [0.1, 0.15) is 5.76 Å². The molecule has 0 aliphatic carbocycles. The summed E-state index contributed by atoms with van der Waals surface area (Å²) in [6.45, 7) is -2.41. The monoisotopic (exact) mass is 399 g/mol. The molecular formula is C12H9ClF2INO2. The molecule has 0 radical (unpaired) electrons.